The van der Waals surface area contributed by atoms with Gasteiger partial charge in [-0.1, -0.05) is 23.5 Å². The van der Waals surface area contributed by atoms with E-state index in [0.29, 0.717) is 23.0 Å². The zero-order valence-corrected chi connectivity index (χ0v) is 26.5. The van der Waals surface area contributed by atoms with Gasteiger partial charge in [0, 0.05) is 26.3 Å². The number of aliphatic hydroxyl groups is 1. The Morgan fingerprint density at radius 3 is 1.32 bits per heavy atom. The molecule has 0 fully saturated rings. The van der Waals surface area contributed by atoms with Crippen LogP contribution in [0.1, 0.15) is 25.7 Å². The Balaban J connectivity index is 5.71. The number of ether oxygens (including phenoxy) is 3. The van der Waals surface area contributed by atoms with Crippen LogP contribution < -0.4 is 5.32 Å². The fraction of sp³-hybridized carbons (Fsp3) is 0.680. The van der Waals surface area contributed by atoms with Crippen LogP contribution in [0.15, 0.2) is 0 Å². The highest BCUT2D eigenvalue weighted by atomic mass is 32.2. The highest BCUT2D eigenvalue weighted by molar-refractivity contribution is 8.14. The van der Waals surface area contributed by atoms with Gasteiger partial charge in [-0.25, -0.2) is 14.4 Å². The second-order valence-corrected chi connectivity index (χ2v) is 16.9. The lowest BCUT2D eigenvalue weighted by Gasteiger charge is -2.24. The van der Waals surface area contributed by atoms with Gasteiger partial charge < -0.3 is 24.6 Å². The second-order valence-electron chi connectivity index (χ2n) is 9.00. The summed E-state index contributed by atoms with van der Waals surface area (Å²) in [5.74, 6) is 14.5. The summed E-state index contributed by atoms with van der Waals surface area (Å²) in [6.07, 6.45) is 3.12. The standard InChI is InChI=1S/C25H45NO8S4/c1-26-22(28)19(11-15-36(4)5)32-24(30)21(13-17-38(8)9)34-25(31)20(12-16-37(6)7)33-23(29)18(27)10-14-35(2)3/h18-21,27H,2,4,6,8,10-17H2,1,3,5,7,9H3,(H,26,28). The molecular formula is C25H45NO8S4. The van der Waals surface area contributed by atoms with Crippen molar-refractivity contribution < 1.29 is 38.5 Å². The number of likely N-dealkylation sites (N-methyl/N-ethyl adjacent to an activating group) is 1. The minimum absolute atomic E-state index is 0.117. The molecule has 0 rings (SSSR count). The Labute approximate surface area is 237 Å². The van der Waals surface area contributed by atoms with E-state index in [9.17, 15) is 24.3 Å². The van der Waals surface area contributed by atoms with Crippen LogP contribution >= 0.6 is 41.9 Å². The summed E-state index contributed by atoms with van der Waals surface area (Å²) in [4.78, 5) is 50.9. The maximum Gasteiger partial charge on any atom is 0.348 e. The molecule has 0 aromatic carbocycles. The summed E-state index contributed by atoms with van der Waals surface area (Å²) in [7, 11) is 0.392. The summed E-state index contributed by atoms with van der Waals surface area (Å²) < 4.78 is 16.3. The van der Waals surface area contributed by atoms with Crippen LogP contribution in [0.5, 0.6) is 0 Å². The molecule has 0 saturated heterocycles. The Morgan fingerprint density at radius 1 is 0.632 bits per heavy atom. The molecule has 8 unspecified atom stereocenters. The maximum absolute atomic E-state index is 13.1. The number of hydrogen-bond acceptors (Lipinski definition) is 8. The molecule has 0 heterocycles. The lowest BCUT2D eigenvalue weighted by atomic mass is 10.2. The largest absolute Gasteiger partial charge is 0.449 e. The molecule has 0 aliphatic carbocycles. The number of carbonyl (C=O) groups excluding carboxylic acids is 4. The van der Waals surface area contributed by atoms with Crippen molar-refractivity contribution in [1.29, 1.82) is 0 Å². The molecule has 0 bridgehead atoms. The highest BCUT2D eigenvalue weighted by Gasteiger charge is 2.34. The van der Waals surface area contributed by atoms with Crippen molar-refractivity contribution in [2.45, 2.75) is 50.1 Å². The lowest BCUT2D eigenvalue weighted by Crippen LogP contribution is -2.42. The van der Waals surface area contributed by atoms with Crippen LogP contribution in [-0.2, 0) is 33.4 Å². The van der Waals surface area contributed by atoms with Gasteiger partial charge in [-0.2, -0.15) is 41.9 Å². The topological polar surface area (TPSA) is 128 Å². The quantitative estimate of drug-likeness (QED) is 0.128. The average Bonchev–Trinajstić information content (AvgIpc) is 2.83. The Morgan fingerprint density at radius 2 is 0.947 bits per heavy atom. The molecule has 38 heavy (non-hydrogen) atoms. The van der Waals surface area contributed by atoms with Crippen LogP contribution in [0.4, 0.5) is 0 Å². The van der Waals surface area contributed by atoms with Gasteiger partial charge in [0.2, 0.25) is 0 Å². The summed E-state index contributed by atoms with van der Waals surface area (Å²) >= 11 is 0. The predicted octanol–water partition coefficient (Wildman–Crippen LogP) is 1.71. The van der Waals surface area contributed by atoms with Crippen molar-refractivity contribution in [3.8, 4) is 0 Å². The summed E-state index contributed by atoms with van der Waals surface area (Å²) in [6, 6.07) is 0. The van der Waals surface area contributed by atoms with Crippen molar-refractivity contribution >= 4 is 89.2 Å². The Bertz CT molecular complexity index is 908. The van der Waals surface area contributed by atoms with Gasteiger partial charge in [-0.05, 0) is 54.5 Å². The minimum atomic E-state index is -1.40. The van der Waals surface area contributed by atoms with Gasteiger partial charge >= 0.3 is 17.9 Å². The molecule has 8 atom stereocenters. The summed E-state index contributed by atoms with van der Waals surface area (Å²) in [5, 5.41) is 12.7. The van der Waals surface area contributed by atoms with Gasteiger partial charge in [-0.15, -0.1) is 0 Å². The van der Waals surface area contributed by atoms with E-state index in [1.165, 1.54) is 7.05 Å². The average molecular weight is 616 g/mol. The van der Waals surface area contributed by atoms with Crippen LogP contribution in [0.25, 0.3) is 0 Å². The number of aliphatic hydroxyl groups excluding tert-OH is 1. The zero-order valence-electron chi connectivity index (χ0n) is 23.2. The third-order valence-electron chi connectivity index (χ3n) is 5.04. The van der Waals surface area contributed by atoms with E-state index in [4.69, 9.17) is 14.2 Å². The van der Waals surface area contributed by atoms with E-state index in [1.807, 2.05) is 25.0 Å². The summed E-state index contributed by atoms with van der Waals surface area (Å²) in [5.41, 5.74) is 0. The smallest absolute Gasteiger partial charge is 0.348 e. The van der Waals surface area contributed by atoms with Crippen molar-refractivity contribution in [3.05, 3.63) is 0 Å². The van der Waals surface area contributed by atoms with Crippen molar-refractivity contribution in [3.63, 3.8) is 0 Å². The van der Waals surface area contributed by atoms with E-state index in [-0.39, 0.29) is 67.6 Å². The zero-order chi connectivity index (χ0) is 29.4. The van der Waals surface area contributed by atoms with E-state index >= 15 is 0 Å². The van der Waals surface area contributed by atoms with Crippen LogP contribution in [-0.4, -0.2) is 132 Å². The third kappa shape index (κ3) is 16.6. The lowest BCUT2D eigenvalue weighted by molar-refractivity contribution is -0.184. The van der Waals surface area contributed by atoms with Crippen molar-refractivity contribution in [2.75, 3.05) is 55.1 Å². The first kappa shape index (κ1) is 36.7. The number of rotatable bonds is 19. The van der Waals surface area contributed by atoms with Gasteiger partial charge in [0.25, 0.3) is 5.91 Å². The molecule has 13 heteroatoms. The van der Waals surface area contributed by atoms with E-state index in [2.05, 4.69) is 28.8 Å². The second kappa shape index (κ2) is 19.7. The van der Waals surface area contributed by atoms with Crippen LogP contribution in [0.2, 0.25) is 0 Å². The summed E-state index contributed by atoms with van der Waals surface area (Å²) in [6.45, 7) is 0. The normalized spacial score (nSPS) is 17.5. The molecule has 1 amide bonds. The molecular weight excluding hydrogens is 571 g/mol. The third-order valence-corrected chi connectivity index (χ3v) is 8.77. The molecule has 222 valence electrons. The van der Waals surface area contributed by atoms with E-state index in [1.54, 1.807) is 0 Å². The molecule has 0 radical (unpaired) electrons. The highest BCUT2D eigenvalue weighted by Crippen LogP contribution is 2.18. The molecule has 0 aliphatic rings. The number of hydrogen-bond donors (Lipinski definition) is 2. The minimum Gasteiger partial charge on any atom is -0.449 e. The van der Waals surface area contributed by atoms with Gasteiger partial charge in [-0.3, -0.25) is 4.79 Å². The molecule has 0 saturated carbocycles. The van der Waals surface area contributed by atoms with Crippen LogP contribution in [0, 0.1) is 0 Å². The fourth-order valence-corrected chi connectivity index (χ4v) is 5.34. The maximum atomic E-state index is 13.1. The molecule has 9 nitrogen and oxygen atoms in total. The Kier molecular flexibility index (Phi) is 19.1. The van der Waals surface area contributed by atoms with Gasteiger partial charge in [0.05, 0.1) is 0 Å². The van der Waals surface area contributed by atoms with Crippen molar-refractivity contribution in [2.24, 2.45) is 0 Å². The number of nitrogens with one attached hydrogen (secondary N) is 1. The van der Waals surface area contributed by atoms with E-state index in [0.717, 1.165) is 0 Å². The van der Waals surface area contributed by atoms with Gasteiger partial charge in [0.1, 0.15) is 0 Å². The Hall–Kier alpha value is -1.28. The van der Waals surface area contributed by atoms with Gasteiger partial charge in [0.15, 0.2) is 24.4 Å². The molecule has 0 spiro atoms. The molecule has 0 aromatic rings. The number of amides is 1. The SMILES string of the molecule is C=S(C)CCC(O)C(=O)OC(CCS(=C)C)C(=O)OC(CCS(=C)C)C(=O)OC(CCS(=C)C)C(=O)NC. The first-order chi connectivity index (χ1) is 17.7. The predicted molar refractivity (Wildman–Crippen MR) is 170 cm³/mol. The van der Waals surface area contributed by atoms with Crippen molar-refractivity contribution in [1.82, 2.24) is 5.32 Å². The molecule has 0 aromatic heterocycles. The number of carbonyl (C=O) groups is 4. The van der Waals surface area contributed by atoms with Crippen LogP contribution in [0.3, 0.4) is 0 Å². The first-order valence-electron chi connectivity index (χ1n) is 11.9. The molecule has 2 N–H and O–H groups in total. The molecule has 0 aliphatic heterocycles. The number of esters is 3. The monoisotopic (exact) mass is 615 g/mol. The fourth-order valence-electron chi connectivity index (χ4n) is 2.86. The van der Waals surface area contributed by atoms with E-state index < -0.39 is 48.2 Å². The first-order valence-corrected chi connectivity index (χ1v) is 19.8.